The zero-order chi connectivity index (χ0) is 13.2. The van der Waals surface area contributed by atoms with Crippen LogP contribution in [0.3, 0.4) is 0 Å². The fraction of sp³-hybridized carbons (Fsp3) is 0.733. The van der Waals surface area contributed by atoms with Gasteiger partial charge in [-0.15, -0.1) is 0 Å². The molecule has 4 nitrogen and oxygen atoms in total. The molecule has 1 heterocycles. The van der Waals surface area contributed by atoms with E-state index in [1.165, 1.54) is 45.4 Å². The summed E-state index contributed by atoms with van der Waals surface area (Å²) in [6, 6.07) is 0. The molecular formula is C15H20N2O2. The number of ketones is 1. The Morgan fingerprint density at radius 3 is 2.16 bits per heavy atom. The third kappa shape index (κ3) is 1.52. The van der Waals surface area contributed by atoms with Gasteiger partial charge in [0, 0.05) is 12.3 Å². The van der Waals surface area contributed by atoms with Gasteiger partial charge in [0.25, 0.3) is 0 Å². The summed E-state index contributed by atoms with van der Waals surface area (Å²) in [5.74, 6) is 2.64. The fourth-order valence-corrected chi connectivity index (χ4v) is 5.33. The summed E-state index contributed by atoms with van der Waals surface area (Å²) < 4.78 is 5.22. The second kappa shape index (κ2) is 3.62. The summed E-state index contributed by atoms with van der Waals surface area (Å²) >= 11 is 0. The molecule has 0 unspecified atom stereocenters. The molecule has 0 radical (unpaired) electrons. The summed E-state index contributed by atoms with van der Waals surface area (Å²) in [5.41, 5.74) is 7.65. The first kappa shape index (κ1) is 11.5. The van der Waals surface area contributed by atoms with Crippen LogP contribution in [0.15, 0.2) is 4.52 Å². The first-order chi connectivity index (χ1) is 9.07. The highest BCUT2D eigenvalue weighted by Gasteiger charge is 2.54. The zero-order valence-electron chi connectivity index (χ0n) is 11.3. The van der Waals surface area contributed by atoms with Crippen LogP contribution in [0, 0.1) is 17.8 Å². The average molecular weight is 260 g/mol. The zero-order valence-corrected chi connectivity index (χ0v) is 11.3. The van der Waals surface area contributed by atoms with E-state index in [0.717, 1.165) is 23.4 Å². The maximum atomic E-state index is 11.5. The predicted octanol–water partition coefficient (Wildman–Crippen LogP) is 2.93. The van der Waals surface area contributed by atoms with E-state index in [4.69, 9.17) is 10.3 Å². The number of rotatable bonds is 2. The second-order valence-electron chi connectivity index (χ2n) is 7.03. The molecule has 0 atom stereocenters. The normalized spacial score (nSPS) is 39.7. The Kier molecular flexibility index (Phi) is 2.19. The van der Waals surface area contributed by atoms with Crippen LogP contribution >= 0.6 is 0 Å². The lowest BCUT2D eigenvalue weighted by atomic mass is 9.48. The minimum atomic E-state index is -0.124. The molecule has 5 rings (SSSR count). The maximum Gasteiger partial charge on any atom is 0.225 e. The molecule has 4 aliphatic carbocycles. The maximum absolute atomic E-state index is 11.5. The molecule has 102 valence electrons. The third-order valence-corrected chi connectivity index (χ3v) is 5.59. The lowest BCUT2D eigenvalue weighted by molar-refractivity contribution is -0.00816. The quantitative estimate of drug-likeness (QED) is 0.830. The minimum Gasteiger partial charge on any atom is -0.394 e. The van der Waals surface area contributed by atoms with Crippen LogP contribution in [0.4, 0.5) is 5.69 Å². The molecule has 1 aromatic rings. The van der Waals surface area contributed by atoms with E-state index >= 15 is 0 Å². The van der Waals surface area contributed by atoms with Crippen LogP contribution in [-0.2, 0) is 5.41 Å². The SMILES string of the molecule is CC(=O)c1onc(C23CC4CC(CC(C4)C2)C3)c1N. The Balaban J connectivity index is 1.77. The lowest BCUT2D eigenvalue weighted by Crippen LogP contribution is -2.49. The van der Waals surface area contributed by atoms with Gasteiger partial charge >= 0.3 is 0 Å². The van der Waals surface area contributed by atoms with Crippen molar-refractivity contribution in [1.29, 1.82) is 0 Å². The molecule has 4 saturated carbocycles. The van der Waals surface area contributed by atoms with Crippen LogP contribution in [0.2, 0.25) is 0 Å². The van der Waals surface area contributed by atoms with Crippen LogP contribution < -0.4 is 5.73 Å². The highest BCUT2D eigenvalue weighted by atomic mass is 16.5. The summed E-state index contributed by atoms with van der Waals surface area (Å²) in [4.78, 5) is 11.5. The standard InChI is InChI=1S/C15H20N2O2/c1-8(18)13-12(16)14(17-19-13)15-5-9-2-10(6-15)4-11(3-9)7-15/h9-11H,2-7,16H2,1H3. The number of Topliss-reactive ketones (excluding diaryl/α,β-unsaturated/α-hetero) is 1. The van der Waals surface area contributed by atoms with Gasteiger partial charge in [0.05, 0.1) is 0 Å². The Labute approximate surface area is 112 Å². The van der Waals surface area contributed by atoms with Gasteiger partial charge in [-0.1, -0.05) is 5.16 Å². The van der Waals surface area contributed by atoms with Crippen molar-refractivity contribution in [2.75, 3.05) is 5.73 Å². The van der Waals surface area contributed by atoms with Gasteiger partial charge < -0.3 is 10.3 Å². The van der Waals surface area contributed by atoms with Crippen molar-refractivity contribution in [3.05, 3.63) is 11.5 Å². The summed E-state index contributed by atoms with van der Waals surface area (Å²) in [6.07, 6.45) is 7.72. The Hall–Kier alpha value is -1.32. The topological polar surface area (TPSA) is 69.1 Å². The van der Waals surface area contributed by atoms with E-state index in [1.54, 1.807) is 0 Å². The molecule has 4 aliphatic rings. The number of anilines is 1. The van der Waals surface area contributed by atoms with Gasteiger partial charge in [0.15, 0.2) is 5.78 Å². The molecule has 4 fully saturated rings. The summed E-state index contributed by atoms with van der Waals surface area (Å²) in [7, 11) is 0. The molecule has 1 aromatic heterocycles. The van der Waals surface area contributed by atoms with Gasteiger partial charge in [0.1, 0.15) is 11.4 Å². The van der Waals surface area contributed by atoms with Crippen LogP contribution in [0.1, 0.15) is 61.7 Å². The first-order valence-electron chi connectivity index (χ1n) is 7.34. The average Bonchev–Trinajstić information content (AvgIpc) is 2.69. The molecule has 0 spiro atoms. The molecule has 0 amide bonds. The Morgan fingerprint density at radius 1 is 1.21 bits per heavy atom. The second-order valence-corrected chi connectivity index (χ2v) is 7.03. The highest BCUT2D eigenvalue weighted by molar-refractivity contribution is 5.96. The molecule has 0 aliphatic heterocycles. The van der Waals surface area contributed by atoms with Gasteiger partial charge in [-0.3, -0.25) is 4.79 Å². The van der Waals surface area contributed by atoms with Crippen molar-refractivity contribution in [2.24, 2.45) is 17.8 Å². The predicted molar refractivity (Wildman–Crippen MR) is 70.8 cm³/mol. The number of hydrogen-bond donors (Lipinski definition) is 1. The van der Waals surface area contributed by atoms with Crippen LogP contribution in [0.5, 0.6) is 0 Å². The van der Waals surface area contributed by atoms with E-state index in [1.807, 2.05) is 0 Å². The first-order valence-corrected chi connectivity index (χ1v) is 7.34. The van der Waals surface area contributed by atoms with Crippen molar-refractivity contribution in [3.63, 3.8) is 0 Å². The largest absolute Gasteiger partial charge is 0.394 e. The van der Waals surface area contributed by atoms with E-state index in [-0.39, 0.29) is 17.0 Å². The Morgan fingerprint density at radius 2 is 1.74 bits per heavy atom. The van der Waals surface area contributed by atoms with Crippen molar-refractivity contribution in [3.8, 4) is 0 Å². The number of nitrogens with zero attached hydrogens (tertiary/aromatic N) is 1. The molecule has 0 aromatic carbocycles. The van der Waals surface area contributed by atoms with E-state index in [2.05, 4.69) is 5.16 Å². The molecule has 2 N–H and O–H groups in total. The fourth-order valence-electron chi connectivity index (χ4n) is 5.33. The van der Waals surface area contributed by atoms with Crippen LogP contribution in [0.25, 0.3) is 0 Å². The van der Waals surface area contributed by atoms with Crippen LogP contribution in [-0.4, -0.2) is 10.9 Å². The van der Waals surface area contributed by atoms with E-state index in [9.17, 15) is 4.79 Å². The molecule has 19 heavy (non-hydrogen) atoms. The van der Waals surface area contributed by atoms with Gasteiger partial charge in [-0.05, 0) is 56.3 Å². The number of carbonyl (C=O) groups is 1. The molecule has 4 bridgehead atoms. The Bertz CT molecular complexity index is 511. The molecule has 0 saturated heterocycles. The number of hydrogen-bond acceptors (Lipinski definition) is 4. The van der Waals surface area contributed by atoms with Crippen molar-refractivity contribution in [2.45, 2.75) is 50.9 Å². The monoisotopic (exact) mass is 260 g/mol. The van der Waals surface area contributed by atoms with Gasteiger partial charge in [-0.2, -0.15) is 0 Å². The van der Waals surface area contributed by atoms with Gasteiger partial charge in [-0.25, -0.2) is 0 Å². The van der Waals surface area contributed by atoms with E-state index < -0.39 is 0 Å². The smallest absolute Gasteiger partial charge is 0.225 e. The molecule has 4 heteroatoms. The number of carbonyl (C=O) groups excluding carboxylic acids is 1. The summed E-state index contributed by atoms with van der Waals surface area (Å²) in [5, 5.41) is 4.21. The minimum absolute atomic E-state index is 0.107. The number of nitrogens with two attached hydrogens (primary N) is 1. The lowest BCUT2D eigenvalue weighted by Gasteiger charge is -2.56. The summed E-state index contributed by atoms with van der Waals surface area (Å²) in [6.45, 7) is 1.49. The van der Waals surface area contributed by atoms with Gasteiger partial charge in [0.2, 0.25) is 5.76 Å². The van der Waals surface area contributed by atoms with Crippen molar-refractivity contribution < 1.29 is 9.32 Å². The number of aromatic nitrogens is 1. The van der Waals surface area contributed by atoms with Crippen molar-refractivity contribution >= 4 is 11.5 Å². The molecular weight excluding hydrogens is 240 g/mol. The van der Waals surface area contributed by atoms with Crippen molar-refractivity contribution in [1.82, 2.24) is 5.16 Å². The number of nitrogen functional groups attached to an aromatic ring is 1. The third-order valence-electron chi connectivity index (χ3n) is 5.59. The highest BCUT2D eigenvalue weighted by Crippen LogP contribution is 2.61. The van der Waals surface area contributed by atoms with E-state index in [0.29, 0.717) is 5.69 Å².